The molecule has 2 aliphatic rings. The second-order valence-corrected chi connectivity index (χ2v) is 8.92. The smallest absolute Gasteiger partial charge is 0.322 e. The van der Waals surface area contributed by atoms with Crippen molar-refractivity contribution in [1.82, 2.24) is 10.3 Å². The van der Waals surface area contributed by atoms with Gasteiger partial charge in [0.1, 0.15) is 5.57 Å². The topological polar surface area (TPSA) is 133 Å². The van der Waals surface area contributed by atoms with Crippen LogP contribution in [-0.4, -0.2) is 43.0 Å². The van der Waals surface area contributed by atoms with Crippen molar-refractivity contribution in [3.63, 3.8) is 0 Å². The maximum atomic E-state index is 12.7. The summed E-state index contributed by atoms with van der Waals surface area (Å²) >= 11 is 6.39. The molecule has 0 radical (unpaired) electrons. The van der Waals surface area contributed by atoms with E-state index < -0.39 is 17.3 Å². The van der Waals surface area contributed by atoms with Gasteiger partial charge < -0.3 is 20.5 Å². The highest BCUT2D eigenvalue weighted by Crippen LogP contribution is 2.51. The lowest BCUT2D eigenvalue weighted by Crippen LogP contribution is -2.44. The van der Waals surface area contributed by atoms with Gasteiger partial charge in [0.25, 0.3) is 0 Å². The average Bonchev–Trinajstić information content (AvgIpc) is 3.06. The predicted molar refractivity (Wildman–Crippen MR) is 120 cm³/mol. The minimum Gasteiger partial charge on any atom is -0.490 e. The van der Waals surface area contributed by atoms with Gasteiger partial charge in [-0.25, -0.2) is 4.98 Å². The molecule has 0 unspecified atom stereocenters. The average molecular weight is 463 g/mol. The first-order valence-electron chi connectivity index (χ1n) is 10.4. The van der Waals surface area contributed by atoms with Gasteiger partial charge in [-0.2, -0.15) is 0 Å². The molecule has 0 saturated heterocycles. The van der Waals surface area contributed by atoms with Crippen LogP contribution < -0.4 is 15.8 Å². The number of hydrogen-bond acceptors (Lipinski definition) is 8. The van der Waals surface area contributed by atoms with E-state index in [1.807, 2.05) is 6.07 Å². The molecule has 10 heteroatoms. The second-order valence-electron chi connectivity index (χ2n) is 8.56. The summed E-state index contributed by atoms with van der Waals surface area (Å²) < 4.78 is 10.9. The van der Waals surface area contributed by atoms with Crippen molar-refractivity contribution in [2.45, 2.75) is 45.1 Å². The zero-order valence-electron chi connectivity index (χ0n) is 18.3. The van der Waals surface area contributed by atoms with Crippen LogP contribution in [0.1, 0.15) is 50.3 Å². The number of amides is 1. The molecule has 0 bridgehead atoms. The number of rotatable bonds is 8. The summed E-state index contributed by atoms with van der Waals surface area (Å²) in [7, 11) is 1.63. The van der Waals surface area contributed by atoms with E-state index in [0.29, 0.717) is 36.8 Å². The number of halogens is 1. The van der Waals surface area contributed by atoms with Crippen molar-refractivity contribution in [2.24, 2.45) is 16.3 Å². The second kappa shape index (κ2) is 9.79. The molecule has 1 aromatic rings. The number of hydrogen-bond donors (Lipinski definition) is 2. The molecule has 3 N–H and O–H groups in total. The van der Waals surface area contributed by atoms with Crippen LogP contribution in [0.5, 0.6) is 5.75 Å². The van der Waals surface area contributed by atoms with Crippen molar-refractivity contribution >= 4 is 29.0 Å². The molecule has 1 aliphatic carbocycles. The number of nitrogens with two attached hydrogens (primary N) is 1. The lowest BCUT2D eigenvalue weighted by atomic mass is 9.79. The summed E-state index contributed by atoms with van der Waals surface area (Å²) in [6.45, 7) is 5.31. The molecule has 2 heterocycles. The first-order valence-corrected chi connectivity index (χ1v) is 10.8. The van der Waals surface area contributed by atoms with Crippen LogP contribution in [0.15, 0.2) is 29.1 Å². The Bertz CT molecular complexity index is 989. The lowest BCUT2D eigenvalue weighted by Gasteiger charge is -2.38. The van der Waals surface area contributed by atoms with E-state index in [4.69, 9.17) is 26.8 Å². The Hall–Kier alpha value is -2.78. The number of nitrogens with zero attached hydrogens (tertiary/aromatic N) is 2. The highest BCUT2D eigenvalue weighted by molar-refractivity contribution is 6.31. The number of carbonyl (C=O) groups is 2. The molecule has 1 fully saturated rings. The van der Waals surface area contributed by atoms with Crippen molar-refractivity contribution in [3.05, 3.63) is 45.2 Å². The minimum atomic E-state index is -1.23. The van der Waals surface area contributed by atoms with Gasteiger partial charge in [0.15, 0.2) is 16.7 Å². The monoisotopic (exact) mass is 462 g/mol. The van der Waals surface area contributed by atoms with Crippen molar-refractivity contribution in [2.75, 3.05) is 20.3 Å². The van der Waals surface area contributed by atoms with E-state index in [2.05, 4.69) is 29.3 Å². The molecule has 0 aromatic carbocycles. The summed E-state index contributed by atoms with van der Waals surface area (Å²) in [4.78, 5) is 39.4. The number of ketones is 1. The minimum absolute atomic E-state index is 0.0311. The van der Waals surface area contributed by atoms with Crippen LogP contribution in [0.3, 0.4) is 0 Å². The lowest BCUT2D eigenvalue weighted by molar-refractivity contribution is -0.118. The van der Waals surface area contributed by atoms with Gasteiger partial charge in [-0.15, -0.1) is 4.91 Å². The van der Waals surface area contributed by atoms with Gasteiger partial charge in [0.2, 0.25) is 0 Å². The van der Waals surface area contributed by atoms with E-state index in [9.17, 15) is 14.5 Å². The van der Waals surface area contributed by atoms with Crippen LogP contribution >= 0.6 is 11.6 Å². The fourth-order valence-corrected chi connectivity index (χ4v) is 4.55. The third-order valence-corrected chi connectivity index (χ3v) is 6.32. The van der Waals surface area contributed by atoms with Crippen LogP contribution in [0, 0.1) is 10.3 Å². The Balaban J connectivity index is 2.03. The van der Waals surface area contributed by atoms with Gasteiger partial charge in [-0.1, -0.05) is 25.4 Å². The molecular formula is C22H27ClN4O5. The number of ether oxygens (including phenoxy) is 2. The van der Waals surface area contributed by atoms with E-state index >= 15 is 0 Å². The molecular weight excluding hydrogens is 436 g/mol. The van der Waals surface area contributed by atoms with Crippen molar-refractivity contribution in [3.8, 4) is 5.75 Å². The van der Waals surface area contributed by atoms with Gasteiger partial charge >= 0.3 is 5.91 Å². The quantitative estimate of drug-likeness (QED) is 0.150. The summed E-state index contributed by atoms with van der Waals surface area (Å²) in [5.74, 6) is -1.34. The maximum absolute atomic E-state index is 12.7. The van der Waals surface area contributed by atoms with E-state index in [0.717, 1.165) is 24.6 Å². The number of methoxy groups -OCH3 is 1. The van der Waals surface area contributed by atoms with Crippen molar-refractivity contribution < 1.29 is 19.1 Å². The predicted octanol–water partition coefficient (Wildman–Crippen LogP) is 3.07. The third-order valence-electron chi connectivity index (χ3n) is 6.05. The largest absolute Gasteiger partial charge is 0.490 e. The maximum Gasteiger partial charge on any atom is 0.322 e. The Kier molecular flexibility index (Phi) is 7.30. The first kappa shape index (κ1) is 23.9. The highest BCUT2D eigenvalue weighted by atomic mass is 35.5. The number of allylic oxidation sites excluding steroid dienone is 1. The van der Waals surface area contributed by atoms with Crippen LogP contribution in [0.2, 0.25) is 5.15 Å². The number of carbonyl (C=O) groups excluding carboxylic acids is 2. The summed E-state index contributed by atoms with van der Waals surface area (Å²) in [5.41, 5.74) is 6.66. The molecule has 1 aliphatic heterocycles. The summed E-state index contributed by atoms with van der Waals surface area (Å²) in [5, 5.41) is 5.87. The fraction of sp³-hybridized carbons (Fsp3) is 0.500. The molecule has 32 heavy (non-hydrogen) atoms. The standard InChI is InChI=1S/C22H27ClN4O5/c1-22(2)6-5-12-13-9-17(32-8-4-7-31-3)20(23)26-18(13)15(25-19(12)22)10-16(28)14(11-24)21(29)27-30/h9-12,19,25H,4-8,24H2,1-3H3/b14-11+,15-10-/t12-,19+/m0/s1. The third kappa shape index (κ3) is 4.68. The van der Waals surface area contributed by atoms with Gasteiger partial charge in [0.05, 0.1) is 18.0 Å². The SMILES string of the molecule is COCCCOc1cc2c(nc1Cl)/C(=C/C(=O)/C(=C\N)C(=O)N=O)N[C@@H]1[C@H]2CCC1(C)C. The molecule has 1 amide bonds. The fourth-order valence-electron chi connectivity index (χ4n) is 4.36. The molecule has 0 spiro atoms. The van der Waals surface area contributed by atoms with E-state index in [1.54, 1.807) is 7.11 Å². The summed E-state index contributed by atoms with van der Waals surface area (Å²) in [6.07, 6.45) is 4.62. The normalized spacial score (nSPS) is 22.6. The number of nitrogens with one attached hydrogen (secondary N) is 1. The Morgan fingerprint density at radius 1 is 1.41 bits per heavy atom. The molecule has 9 nitrogen and oxygen atoms in total. The number of fused-ring (bicyclic) bond motifs is 3. The first-order chi connectivity index (χ1) is 15.2. The Morgan fingerprint density at radius 3 is 2.81 bits per heavy atom. The van der Waals surface area contributed by atoms with Crippen molar-refractivity contribution in [1.29, 1.82) is 0 Å². The molecule has 2 atom stereocenters. The zero-order chi connectivity index (χ0) is 23.5. The zero-order valence-corrected chi connectivity index (χ0v) is 19.1. The van der Waals surface area contributed by atoms with E-state index in [-0.39, 0.29) is 22.5 Å². The highest BCUT2D eigenvalue weighted by Gasteiger charge is 2.47. The molecule has 172 valence electrons. The van der Waals surface area contributed by atoms with Crippen LogP contribution in [-0.2, 0) is 14.3 Å². The molecule has 1 saturated carbocycles. The summed E-state index contributed by atoms with van der Waals surface area (Å²) in [6, 6.07) is 1.91. The Morgan fingerprint density at radius 2 is 2.16 bits per heavy atom. The van der Waals surface area contributed by atoms with Gasteiger partial charge in [-0.3, -0.25) is 9.59 Å². The number of nitroso groups, excluding NO2 is 1. The van der Waals surface area contributed by atoms with Crippen LogP contribution in [0.4, 0.5) is 0 Å². The number of pyridine rings is 1. The Labute approximate surface area is 191 Å². The molecule has 1 aromatic heterocycles. The molecule has 3 rings (SSSR count). The van der Waals surface area contributed by atoms with Crippen LogP contribution in [0.25, 0.3) is 5.70 Å². The van der Waals surface area contributed by atoms with E-state index in [1.165, 1.54) is 6.08 Å². The number of aromatic nitrogens is 1. The van der Waals surface area contributed by atoms with Gasteiger partial charge in [-0.05, 0) is 29.9 Å². The van der Waals surface area contributed by atoms with Gasteiger partial charge in [0, 0.05) is 49.6 Å².